The molecular formula is C21H21ClF3N5O2. The summed E-state index contributed by atoms with van der Waals surface area (Å²) in [5.74, 6) is 0.160. The van der Waals surface area contributed by atoms with E-state index in [1.54, 1.807) is 12.1 Å². The predicted molar refractivity (Wildman–Crippen MR) is 118 cm³/mol. The van der Waals surface area contributed by atoms with Crippen LogP contribution in [0.25, 0.3) is 11.3 Å². The lowest BCUT2D eigenvalue weighted by atomic mass is 10.1. The normalized spacial score (nSPS) is 11.5. The van der Waals surface area contributed by atoms with E-state index < -0.39 is 6.36 Å². The van der Waals surface area contributed by atoms with Gasteiger partial charge in [-0.3, -0.25) is 0 Å². The van der Waals surface area contributed by atoms with Crippen LogP contribution in [0.15, 0.2) is 48.5 Å². The molecule has 3 aromatic rings. The molecule has 3 rings (SSSR count). The van der Waals surface area contributed by atoms with Gasteiger partial charge < -0.3 is 25.4 Å². The number of nitrogens with one attached hydrogen (secondary N) is 2. The summed E-state index contributed by atoms with van der Waals surface area (Å²) in [7, 11) is 3.83. The number of hydrogen-bond acceptors (Lipinski definition) is 7. The molecule has 32 heavy (non-hydrogen) atoms. The topological polar surface area (TPSA) is 82.5 Å². The van der Waals surface area contributed by atoms with Gasteiger partial charge in [0, 0.05) is 29.7 Å². The molecule has 0 unspecified atom stereocenters. The Kier molecular flexibility index (Phi) is 7.26. The molecule has 1 aromatic heterocycles. The number of hydrogen-bond donors (Lipinski definition) is 3. The molecule has 7 nitrogen and oxygen atoms in total. The lowest BCUT2D eigenvalue weighted by Crippen LogP contribution is -2.21. The van der Waals surface area contributed by atoms with Crippen molar-refractivity contribution in [2.45, 2.75) is 6.36 Å². The number of phenols is 1. The number of aromatic hydroxyl groups is 1. The van der Waals surface area contributed by atoms with Gasteiger partial charge in [-0.1, -0.05) is 23.7 Å². The summed E-state index contributed by atoms with van der Waals surface area (Å²) in [6.07, 6.45) is -4.81. The third kappa shape index (κ3) is 6.89. The monoisotopic (exact) mass is 467 g/mol. The van der Waals surface area contributed by atoms with Gasteiger partial charge in [0.25, 0.3) is 0 Å². The van der Waals surface area contributed by atoms with Crippen molar-refractivity contribution in [2.75, 3.05) is 37.8 Å². The average molecular weight is 468 g/mol. The number of benzene rings is 2. The first-order chi connectivity index (χ1) is 15.1. The first-order valence-corrected chi connectivity index (χ1v) is 9.86. The number of aromatic nitrogens is 2. The molecule has 0 saturated heterocycles. The second-order valence-electron chi connectivity index (χ2n) is 7.05. The Bertz CT molecular complexity index is 1080. The summed E-state index contributed by atoms with van der Waals surface area (Å²) >= 11 is 6.00. The van der Waals surface area contributed by atoms with Crippen LogP contribution in [0, 0.1) is 0 Å². The van der Waals surface area contributed by atoms with E-state index in [1.807, 2.05) is 19.0 Å². The Morgan fingerprint density at radius 3 is 2.59 bits per heavy atom. The maximum absolute atomic E-state index is 12.6. The van der Waals surface area contributed by atoms with Gasteiger partial charge in [0.15, 0.2) is 0 Å². The van der Waals surface area contributed by atoms with E-state index >= 15 is 0 Å². The first-order valence-electron chi connectivity index (χ1n) is 9.48. The third-order valence-electron chi connectivity index (χ3n) is 4.15. The van der Waals surface area contributed by atoms with Crippen molar-refractivity contribution < 1.29 is 23.0 Å². The lowest BCUT2D eigenvalue weighted by Gasteiger charge is -2.14. The Hall–Kier alpha value is -3.24. The SMILES string of the molecule is CN(C)CCNc1nc(Nc2cc(Cl)ccc2O)cc(-c2cccc(OC(F)(F)F)c2)n1. The van der Waals surface area contributed by atoms with E-state index in [0.29, 0.717) is 40.9 Å². The number of likely N-dealkylation sites (N-methyl/N-ethyl adjacent to an activating group) is 1. The highest BCUT2D eigenvalue weighted by Gasteiger charge is 2.31. The minimum atomic E-state index is -4.81. The van der Waals surface area contributed by atoms with Crippen LogP contribution >= 0.6 is 11.6 Å². The summed E-state index contributed by atoms with van der Waals surface area (Å²) in [6.45, 7) is 1.25. The first kappa shape index (κ1) is 23.4. The van der Waals surface area contributed by atoms with Crippen LogP contribution in [-0.4, -0.2) is 53.5 Å². The fraction of sp³-hybridized carbons (Fsp3) is 0.238. The molecule has 0 bridgehead atoms. The number of alkyl halides is 3. The molecular weight excluding hydrogens is 447 g/mol. The maximum atomic E-state index is 12.6. The van der Waals surface area contributed by atoms with Gasteiger partial charge in [-0.15, -0.1) is 13.2 Å². The fourth-order valence-corrected chi connectivity index (χ4v) is 2.90. The van der Waals surface area contributed by atoms with Crippen molar-refractivity contribution >= 4 is 29.1 Å². The lowest BCUT2D eigenvalue weighted by molar-refractivity contribution is -0.274. The number of ether oxygens (including phenoxy) is 1. The predicted octanol–water partition coefficient (Wildman–Crippen LogP) is 5.12. The molecule has 0 aliphatic rings. The minimum absolute atomic E-state index is 0.0442. The molecule has 0 aliphatic carbocycles. The highest BCUT2D eigenvalue weighted by molar-refractivity contribution is 6.31. The number of nitrogens with zero attached hydrogens (tertiary/aromatic N) is 3. The van der Waals surface area contributed by atoms with Gasteiger partial charge in [0.1, 0.15) is 17.3 Å². The van der Waals surface area contributed by atoms with Crippen molar-refractivity contribution in [3.63, 3.8) is 0 Å². The third-order valence-corrected chi connectivity index (χ3v) is 4.39. The second-order valence-corrected chi connectivity index (χ2v) is 7.49. The molecule has 0 spiro atoms. The van der Waals surface area contributed by atoms with Crippen LogP contribution in [0.2, 0.25) is 5.02 Å². The zero-order valence-corrected chi connectivity index (χ0v) is 18.0. The number of anilines is 3. The van der Waals surface area contributed by atoms with E-state index in [-0.39, 0.29) is 17.4 Å². The minimum Gasteiger partial charge on any atom is -0.506 e. The Morgan fingerprint density at radius 2 is 1.88 bits per heavy atom. The molecule has 3 N–H and O–H groups in total. The molecule has 2 aromatic carbocycles. The highest BCUT2D eigenvalue weighted by atomic mass is 35.5. The molecule has 0 radical (unpaired) electrons. The Morgan fingerprint density at radius 1 is 1.09 bits per heavy atom. The smallest absolute Gasteiger partial charge is 0.506 e. The summed E-state index contributed by atoms with van der Waals surface area (Å²) in [6, 6.07) is 11.5. The van der Waals surface area contributed by atoms with Crippen molar-refractivity contribution in [2.24, 2.45) is 0 Å². The van der Waals surface area contributed by atoms with Crippen LogP contribution in [-0.2, 0) is 0 Å². The van der Waals surface area contributed by atoms with E-state index in [1.165, 1.54) is 36.4 Å². The van der Waals surface area contributed by atoms with Gasteiger partial charge >= 0.3 is 6.36 Å². The van der Waals surface area contributed by atoms with E-state index in [9.17, 15) is 18.3 Å². The van der Waals surface area contributed by atoms with E-state index in [0.717, 1.165) is 0 Å². The summed E-state index contributed by atoms with van der Waals surface area (Å²) in [4.78, 5) is 10.8. The number of phenolic OH excluding ortho intramolecular Hbond substituents is 1. The van der Waals surface area contributed by atoms with Crippen LogP contribution in [0.4, 0.5) is 30.6 Å². The van der Waals surface area contributed by atoms with Crippen molar-refractivity contribution in [3.05, 3.63) is 53.6 Å². The second kappa shape index (κ2) is 9.92. The van der Waals surface area contributed by atoms with Gasteiger partial charge in [0.2, 0.25) is 5.95 Å². The summed E-state index contributed by atoms with van der Waals surface area (Å²) in [5, 5.41) is 16.5. The molecule has 170 valence electrons. The van der Waals surface area contributed by atoms with Crippen LogP contribution < -0.4 is 15.4 Å². The summed E-state index contributed by atoms with van der Waals surface area (Å²) < 4.78 is 41.9. The number of rotatable bonds is 8. The Labute approximate surface area is 187 Å². The van der Waals surface area contributed by atoms with Crippen molar-refractivity contribution in [1.82, 2.24) is 14.9 Å². The zero-order valence-electron chi connectivity index (χ0n) is 17.2. The molecule has 0 fully saturated rings. The van der Waals surface area contributed by atoms with Crippen LogP contribution in [0.5, 0.6) is 11.5 Å². The molecule has 0 saturated carbocycles. The molecule has 0 amide bonds. The van der Waals surface area contributed by atoms with Gasteiger partial charge in [-0.2, -0.15) is 4.98 Å². The highest BCUT2D eigenvalue weighted by Crippen LogP contribution is 2.32. The maximum Gasteiger partial charge on any atom is 0.573 e. The number of halogens is 4. The Balaban J connectivity index is 1.96. The molecule has 11 heteroatoms. The average Bonchev–Trinajstić information content (AvgIpc) is 2.69. The van der Waals surface area contributed by atoms with Crippen LogP contribution in [0.3, 0.4) is 0 Å². The molecule has 0 atom stereocenters. The van der Waals surface area contributed by atoms with Crippen molar-refractivity contribution in [1.29, 1.82) is 0 Å². The van der Waals surface area contributed by atoms with Gasteiger partial charge in [-0.25, -0.2) is 4.98 Å². The van der Waals surface area contributed by atoms with Crippen LogP contribution in [0.1, 0.15) is 0 Å². The van der Waals surface area contributed by atoms with E-state index in [4.69, 9.17) is 11.6 Å². The molecule has 0 aliphatic heterocycles. The quantitative estimate of drug-likeness (QED) is 0.397. The largest absolute Gasteiger partial charge is 0.573 e. The van der Waals surface area contributed by atoms with E-state index in [2.05, 4.69) is 25.3 Å². The van der Waals surface area contributed by atoms with Crippen molar-refractivity contribution in [3.8, 4) is 22.8 Å². The fourth-order valence-electron chi connectivity index (χ4n) is 2.73. The van der Waals surface area contributed by atoms with Gasteiger partial charge in [-0.05, 0) is 44.4 Å². The van der Waals surface area contributed by atoms with Gasteiger partial charge in [0.05, 0.1) is 11.4 Å². The molecule has 1 heterocycles. The standard InChI is InChI=1S/C21H21ClF3N5O2/c1-30(2)9-8-26-20-28-16(13-4-3-5-15(10-13)32-21(23,24)25)12-19(29-20)27-17-11-14(22)6-7-18(17)31/h3-7,10-12,31H,8-9H2,1-2H3,(H2,26,27,28,29). The zero-order chi connectivity index (χ0) is 23.3. The summed E-state index contributed by atoms with van der Waals surface area (Å²) in [5.41, 5.74) is 1.06.